The maximum Gasteiger partial charge on any atom is 0.352 e. The van der Waals surface area contributed by atoms with Crippen LogP contribution in [0.15, 0.2) is 102 Å². The van der Waals surface area contributed by atoms with E-state index in [1.807, 2.05) is 51.5 Å². The largest absolute Gasteiger partial charge is 0.477 e. The molecule has 0 unspecified atom stereocenters. The van der Waals surface area contributed by atoms with Gasteiger partial charge in [-0.05, 0) is 116 Å². The van der Waals surface area contributed by atoms with Gasteiger partial charge in [-0.1, -0.05) is 65.7 Å². The molecule has 0 spiro atoms. The second-order valence-corrected chi connectivity index (χ2v) is 16.4. The fourth-order valence-electron chi connectivity index (χ4n) is 7.56. The molecule has 5 aromatic carbocycles. The summed E-state index contributed by atoms with van der Waals surface area (Å²) in [5.74, 6) is -1.84. The number of aromatic carboxylic acids is 1. The van der Waals surface area contributed by atoms with Gasteiger partial charge in [-0.2, -0.15) is 0 Å². The summed E-state index contributed by atoms with van der Waals surface area (Å²) < 4.78 is 31.4. The van der Waals surface area contributed by atoms with Crippen LogP contribution >= 0.6 is 0 Å². The van der Waals surface area contributed by atoms with Crippen molar-refractivity contribution in [2.24, 2.45) is 0 Å². The Morgan fingerprint density at radius 2 is 1.13 bits per heavy atom. The number of sulfonamides is 1. The van der Waals surface area contributed by atoms with Crippen LogP contribution in [0.25, 0.3) is 31.5 Å². The van der Waals surface area contributed by atoms with Crippen LogP contribution in [0.5, 0.6) is 0 Å². The number of carbonyl (C=O) groups is 2. The molecular weight excluding hydrogens is 781 g/mol. The number of fused-ring (bicyclic) bond motifs is 2. The monoisotopic (exact) mass is 820 g/mol. The molecule has 7 aromatic rings. The summed E-state index contributed by atoms with van der Waals surface area (Å²) in [6.45, 7) is 27.4. The quantitative estimate of drug-likeness (QED) is 0.0832. The van der Waals surface area contributed by atoms with Crippen molar-refractivity contribution in [3.63, 3.8) is 0 Å². The van der Waals surface area contributed by atoms with E-state index in [0.29, 0.717) is 28.8 Å². The number of non-ortho nitro benzene ring substituents is 1. The van der Waals surface area contributed by atoms with Gasteiger partial charge in [0.1, 0.15) is 11.4 Å². The molecule has 302 valence electrons. The van der Waals surface area contributed by atoms with Crippen molar-refractivity contribution in [1.82, 2.24) is 13.9 Å². The number of nitro benzene ring substituents is 1. The molecule has 0 fully saturated rings. The van der Waals surface area contributed by atoms with E-state index in [0.717, 1.165) is 55.9 Å². The zero-order valence-electron chi connectivity index (χ0n) is 33.7. The second-order valence-electron chi connectivity index (χ2n) is 14.7. The Bertz CT molecular complexity index is 3060. The smallest absolute Gasteiger partial charge is 0.352 e. The number of aryl methyl sites for hydroxylation is 6. The van der Waals surface area contributed by atoms with Gasteiger partial charge in [0.15, 0.2) is 11.4 Å². The van der Waals surface area contributed by atoms with Gasteiger partial charge in [-0.15, -0.1) is 0 Å². The van der Waals surface area contributed by atoms with Gasteiger partial charge in [0.2, 0.25) is 0 Å². The minimum atomic E-state index is -4.39. The zero-order valence-corrected chi connectivity index (χ0v) is 34.5. The maximum atomic E-state index is 13.3. The van der Waals surface area contributed by atoms with Crippen LogP contribution in [0.4, 0.5) is 17.1 Å². The summed E-state index contributed by atoms with van der Waals surface area (Å²) in [4.78, 5) is 41.9. The van der Waals surface area contributed by atoms with Gasteiger partial charge in [0.05, 0.1) is 23.0 Å². The first kappa shape index (κ1) is 42.1. The number of aromatic nitrogens is 2. The van der Waals surface area contributed by atoms with Crippen molar-refractivity contribution in [2.45, 2.75) is 59.5 Å². The van der Waals surface area contributed by atoms with Gasteiger partial charge < -0.3 is 14.2 Å². The molecule has 0 bridgehead atoms. The van der Waals surface area contributed by atoms with Crippen LogP contribution in [0.3, 0.4) is 0 Å². The summed E-state index contributed by atoms with van der Waals surface area (Å²) in [5, 5.41) is 22.1. The van der Waals surface area contributed by atoms with Gasteiger partial charge >= 0.3 is 5.97 Å². The van der Waals surface area contributed by atoms with Crippen LogP contribution in [-0.4, -0.2) is 39.5 Å². The van der Waals surface area contributed by atoms with Gasteiger partial charge in [-0.3, -0.25) is 14.9 Å². The Morgan fingerprint density at radius 3 is 1.57 bits per heavy atom. The fourth-order valence-corrected chi connectivity index (χ4v) is 8.56. The number of nitro groups is 1. The first-order chi connectivity index (χ1) is 28.4. The van der Waals surface area contributed by atoms with Gasteiger partial charge in [-0.25, -0.2) is 27.6 Å². The third-order valence-electron chi connectivity index (χ3n) is 10.4. The van der Waals surface area contributed by atoms with E-state index in [1.54, 1.807) is 57.7 Å². The van der Waals surface area contributed by atoms with Crippen molar-refractivity contribution in [3.05, 3.63) is 186 Å². The Labute approximate surface area is 347 Å². The minimum Gasteiger partial charge on any atom is -0.477 e. The highest BCUT2D eigenvalue weighted by atomic mass is 32.2. The molecule has 0 radical (unpaired) electrons. The lowest BCUT2D eigenvalue weighted by Gasteiger charge is -2.16. The van der Waals surface area contributed by atoms with Crippen LogP contribution in [0.2, 0.25) is 0 Å². The van der Waals surface area contributed by atoms with Gasteiger partial charge in [0, 0.05) is 36.3 Å². The number of nitrogens with one attached hydrogen (secondary N) is 1. The lowest BCUT2D eigenvalue weighted by Crippen LogP contribution is -2.32. The minimum absolute atomic E-state index is 0.0838. The van der Waals surface area contributed by atoms with E-state index < -0.39 is 37.4 Å². The number of amides is 1. The normalized spacial score (nSPS) is 11.1. The SMILES string of the molecule is [C-]#[N+]c1ccc2cc(C(=O)NS(=O)(=O)c3cccc([N+](=O)[O-])c3)n(Cc3c(C)cc(C)cc3C)c2c1.[C-]#[N+]c1ccc2cc(C(=O)O)n(Cc3c(C)cc(C)cc3C)c2c1. The number of hydrogen-bond acceptors (Lipinski definition) is 6. The first-order valence-electron chi connectivity index (χ1n) is 18.6. The van der Waals surface area contributed by atoms with Crippen molar-refractivity contribution in [1.29, 1.82) is 0 Å². The molecule has 60 heavy (non-hydrogen) atoms. The number of carboxylic acids is 1. The van der Waals surface area contributed by atoms with E-state index >= 15 is 0 Å². The van der Waals surface area contributed by atoms with Crippen LogP contribution < -0.4 is 4.72 Å². The molecule has 0 atom stereocenters. The molecule has 0 saturated carbocycles. The Kier molecular flexibility index (Phi) is 11.7. The van der Waals surface area contributed by atoms with Crippen molar-refractivity contribution >= 4 is 60.8 Å². The van der Waals surface area contributed by atoms with E-state index in [-0.39, 0.29) is 17.9 Å². The van der Waals surface area contributed by atoms with Crippen molar-refractivity contribution in [3.8, 4) is 0 Å². The third-order valence-corrected chi connectivity index (χ3v) is 11.7. The summed E-state index contributed by atoms with van der Waals surface area (Å²) in [5.41, 5.74) is 10.9. The maximum absolute atomic E-state index is 13.3. The predicted molar refractivity (Wildman–Crippen MR) is 231 cm³/mol. The van der Waals surface area contributed by atoms with Crippen LogP contribution in [0.1, 0.15) is 65.5 Å². The lowest BCUT2D eigenvalue weighted by atomic mass is 9.99. The Balaban J connectivity index is 0.000000218. The molecule has 0 saturated heterocycles. The molecule has 0 aliphatic carbocycles. The van der Waals surface area contributed by atoms with E-state index in [4.69, 9.17) is 13.1 Å². The Morgan fingerprint density at radius 1 is 0.683 bits per heavy atom. The predicted octanol–water partition coefficient (Wildman–Crippen LogP) is 10.1. The number of nitrogens with zero attached hydrogens (tertiary/aromatic N) is 5. The van der Waals surface area contributed by atoms with Crippen molar-refractivity contribution in [2.75, 3.05) is 0 Å². The number of hydrogen-bond donors (Lipinski definition) is 2. The van der Waals surface area contributed by atoms with Gasteiger partial charge in [0.25, 0.3) is 21.6 Å². The third kappa shape index (κ3) is 8.65. The second kappa shape index (κ2) is 16.7. The molecule has 0 aliphatic heterocycles. The highest BCUT2D eigenvalue weighted by molar-refractivity contribution is 7.90. The van der Waals surface area contributed by atoms with E-state index in [1.165, 1.54) is 23.8 Å². The number of carbonyl (C=O) groups excluding carboxylic acids is 1. The highest BCUT2D eigenvalue weighted by Gasteiger charge is 2.25. The fraction of sp³-hybridized carbons (Fsp3) is 0.174. The van der Waals surface area contributed by atoms with Crippen LogP contribution in [0, 0.1) is 64.8 Å². The Hall–Kier alpha value is -7.55. The summed E-state index contributed by atoms with van der Waals surface area (Å²) in [7, 11) is -4.39. The molecule has 13 nitrogen and oxygen atoms in total. The van der Waals surface area contributed by atoms with Crippen LogP contribution in [-0.2, 0) is 23.1 Å². The van der Waals surface area contributed by atoms with E-state index in [9.17, 15) is 33.2 Å². The first-order valence-corrected chi connectivity index (χ1v) is 20.1. The van der Waals surface area contributed by atoms with Crippen molar-refractivity contribution < 1.29 is 28.0 Å². The molecule has 2 heterocycles. The highest BCUT2D eigenvalue weighted by Crippen LogP contribution is 2.30. The summed E-state index contributed by atoms with van der Waals surface area (Å²) in [6, 6.07) is 26.3. The average molecular weight is 821 g/mol. The molecule has 0 aliphatic rings. The zero-order chi connectivity index (χ0) is 43.6. The topological polar surface area (TPSA) is 162 Å². The lowest BCUT2D eigenvalue weighted by molar-refractivity contribution is -0.385. The molecule has 2 aromatic heterocycles. The number of rotatable bonds is 9. The summed E-state index contributed by atoms with van der Waals surface area (Å²) >= 11 is 0. The molecule has 14 heteroatoms. The molecular formula is C46H40N6O7S. The summed E-state index contributed by atoms with van der Waals surface area (Å²) in [6.07, 6.45) is 0. The molecule has 1 amide bonds. The number of benzene rings is 5. The van der Waals surface area contributed by atoms with E-state index in [2.05, 4.69) is 28.7 Å². The molecule has 2 N–H and O–H groups in total. The molecule has 7 rings (SSSR count). The number of carboxylic acid groups (broad SMARTS) is 1. The standard InChI is InChI=1S/C26H22N4O5S.C20H18N2O2/c1-16-10-17(2)23(18(3)11-16)15-29-24-13-20(27-4)9-8-19(24)12-25(29)26(31)28-36(34,35)22-7-5-6-21(14-22)30(32)33;1-12-7-13(2)17(14(3)8-12)11-22-18-10-16(21-4)6-5-15(18)9-19(22)20(23)24/h5-14H,15H2,1-3H3,(H,28,31);5-10H,11H2,1-3H3,(H,23,24). The average Bonchev–Trinajstić information content (AvgIpc) is 3.75.